The third kappa shape index (κ3) is 18.1. The Bertz CT molecular complexity index is 3220. The Labute approximate surface area is 498 Å². The van der Waals surface area contributed by atoms with E-state index >= 15 is 0 Å². The van der Waals surface area contributed by atoms with Crippen LogP contribution in [0, 0.1) is 0 Å². The largest absolute Gasteiger partial charge is 1.00 e. The number of nitrogens with two attached hydrogens (primary N) is 2. The Kier molecular flexibility index (Phi) is 26.2. The number of nitrogens with zero attached hydrogens (tertiary/aromatic N) is 10. The molecule has 0 fully saturated rings. The summed E-state index contributed by atoms with van der Waals surface area (Å²) < 4.78 is 113. The molecule has 342 valence electrons. The summed E-state index contributed by atoms with van der Waals surface area (Å²) in [6.45, 7) is 0. The number of aromatic nitrogens is 6. The molecule has 0 atom stereocenters. The summed E-state index contributed by atoms with van der Waals surface area (Å²) in [5, 5.41) is 36.7. The second-order valence-electron chi connectivity index (χ2n) is 11.8. The minimum Gasteiger partial charge on any atom is -0.744 e. The van der Waals surface area contributed by atoms with Crippen molar-refractivity contribution in [1.29, 1.82) is 0 Å². The van der Waals surface area contributed by atoms with Crippen molar-refractivity contribution >= 4 is 146 Å². The van der Waals surface area contributed by atoms with Crippen molar-refractivity contribution in [3.8, 4) is 0 Å². The van der Waals surface area contributed by atoms with E-state index < -0.39 is 78.8 Å². The zero-order valence-electron chi connectivity index (χ0n) is 34.6. The molecule has 0 aliphatic carbocycles. The Morgan fingerprint density at radius 1 is 0.551 bits per heavy atom. The molecular weight excluding hydrogens is 1100 g/mol. The van der Waals surface area contributed by atoms with Gasteiger partial charge in [-0.15, -0.1) is 20.5 Å². The number of rotatable bonds is 16. The Hall–Kier alpha value is -2.07. The molecule has 0 bridgehead atoms. The summed E-state index contributed by atoms with van der Waals surface area (Å²) in [7, 11) is -15.5. The van der Waals surface area contributed by atoms with Crippen LogP contribution in [0.15, 0.2) is 107 Å². The maximum Gasteiger partial charge on any atom is 1.00 e. The maximum atomic E-state index is 12.3. The fourth-order valence-corrected chi connectivity index (χ4v) is 7.57. The zero-order valence-corrected chi connectivity index (χ0v) is 48.2. The van der Waals surface area contributed by atoms with Gasteiger partial charge in [0.05, 0.1) is 43.0 Å². The van der Waals surface area contributed by atoms with Gasteiger partial charge >= 0.3 is 118 Å². The van der Waals surface area contributed by atoms with Gasteiger partial charge in [-0.2, -0.15) is 34.2 Å². The summed E-state index contributed by atoms with van der Waals surface area (Å²) in [5.74, 6) is -0.663. The molecule has 0 aliphatic heterocycles. The van der Waals surface area contributed by atoms with E-state index in [1.807, 2.05) is 0 Å². The Balaban J connectivity index is 0.00000476. The fraction of sp³-hybridized carbons (Fsp3) is 0.0323. The van der Waals surface area contributed by atoms with Gasteiger partial charge in [-0.1, -0.05) is 13.5 Å². The number of hydrogen-bond donors (Lipinski definition) is 5. The predicted octanol–water partition coefficient (Wildman–Crippen LogP) is -6.16. The second-order valence-corrected chi connectivity index (χ2v) is 17.6. The first-order chi connectivity index (χ1) is 30.1. The molecule has 7 N–H and O–H groups in total. The third-order valence-electron chi connectivity index (χ3n) is 7.53. The van der Waals surface area contributed by atoms with Crippen LogP contribution in [0.1, 0.15) is 7.43 Å². The van der Waals surface area contributed by atoms with Crippen molar-refractivity contribution in [3.05, 3.63) is 82.6 Å². The van der Waals surface area contributed by atoms with Gasteiger partial charge in [0.1, 0.15) is 53.1 Å². The number of hydrogen-bond acceptors (Lipinski definition) is 28. The van der Waals surface area contributed by atoms with Gasteiger partial charge < -0.3 is 46.3 Å². The number of nitrogen functional groups attached to an aromatic ring is 2. The van der Waals surface area contributed by atoms with Crippen LogP contribution in [0.25, 0.3) is 0 Å². The molecule has 2 heterocycles. The minimum absolute atomic E-state index is 0. The van der Waals surface area contributed by atoms with Gasteiger partial charge in [0.25, 0.3) is 0 Å². The van der Waals surface area contributed by atoms with Crippen molar-refractivity contribution < 1.29 is 172 Å². The van der Waals surface area contributed by atoms with Crippen LogP contribution in [-0.2, 0) is 39.7 Å². The van der Waals surface area contributed by atoms with Crippen molar-refractivity contribution in [1.82, 2.24) is 29.9 Å². The Morgan fingerprint density at radius 2 is 1.03 bits per heavy atom. The number of benzene rings is 4. The smallest absolute Gasteiger partial charge is 0.744 e. The van der Waals surface area contributed by atoms with Gasteiger partial charge in [0, 0.05) is 17.1 Å². The topological polar surface area (TPSA) is 428 Å². The van der Waals surface area contributed by atoms with E-state index in [9.17, 15) is 44.2 Å². The molecule has 0 aliphatic rings. The summed E-state index contributed by atoms with van der Waals surface area (Å²) in [5.41, 5.74) is 8.97. The van der Waals surface area contributed by atoms with Crippen LogP contribution in [0.3, 0.4) is 0 Å². The van der Waals surface area contributed by atoms with Crippen LogP contribution >= 0.6 is 46.8 Å². The molecule has 0 unspecified atom stereocenters. The van der Waals surface area contributed by atoms with E-state index in [1.165, 1.54) is 30.3 Å². The minimum atomic E-state index is -5.43. The van der Waals surface area contributed by atoms with Gasteiger partial charge in [0.2, 0.25) is 33.7 Å². The van der Waals surface area contributed by atoms with E-state index in [0.29, 0.717) is 18.1 Å². The van der Waals surface area contributed by atoms with Crippen molar-refractivity contribution in [2.75, 3.05) is 27.4 Å². The summed E-state index contributed by atoms with van der Waals surface area (Å²) in [6.07, 6.45) is 0. The third-order valence-corrected chi connectivity index (χ3v) is 11.3. The van der Waals surface area contributed by atoms with Gasteiger partial charge in [0.15, 0.2) is 0 Å². The molecule has 6 rings (SSSR count). The number of anilines is 8. The van der Waals surface area contributed by atoms with E-state index in [0.717, 1.165) is 30.3 Å². The van der Waals surface area contributed by atoms with E-state index in [2.05, 4.69) is 75.7 Å². The molecule has 2 aromatic heterocycles. The molecule has 69 heavy (non-hydrogen) atoms. The number of nitrogens with one attached hydrogen (secondary N) is 3. The predicted molar refractivity (Wildman–Crippen MR) is 226 cm³/mol. The van der Waals surface area contributed by atoms with Crippen molar-refractivity contribution in [2.24, 2.45) is 20.5 Å². The van der Waals surface area contributed by atoms with Crippen LogP contribution in [0.2, 0.25) is 15.9 Å². The van der Waals surface area contributed by atoms with E-state index in [-0.39, 0.29) is 182 Å². The molecule has 0 saturated carbocycles. The molecule has 0 saturated heterocycles. The first kappa shape index (κ1) is 64.9. The van der Waals surface area contributed by atoms with Crippen LogP contribution in [0.5, 0.6) is 0 Å². The monoisotopic (exact) mass is 1120 g/mol. The standard InChI is InChI=1S/C30H22Cl3N15O12S4.CH4.4Na/c31-25-39-26(32)41-28(40-25)37-13-4-6-19(61-60-59-49)16(9-13)45-48-24-22(34)18(11-21(23(24)35)64(56,57)58)47-46-17-10-14(5-7-20(17)63(53,54)55)38-30-43-27(33)42-29(44-30)36-12-2-1-3-15(8-12)62(50,51)52;;;;;/h1-11,49H,34-35H2,(H,50,51,52)(H,53,54,55)(H,56,57,58)(H,37,39,40,41)(H2,36,38,42,43,44);1H4;;;;/q;;4*+1/p-4. The number of halogens is 3. The normalized spacial score (nSPS) is 11.3. The second kappa shape index (κ2) is 27.8. The number of azo groups is 2. The molecule has 0 radical (unpaired) electrons. The van der Waals surface area contributed by atoms with Crippen molar-refractivity contribution in [3.63, 3.8) is 0 Å². The average molecular weight is 1120 g/mol. The molecule has 6 aromatic rings. The molecule has 0 spiro atoms. The Morgan fingerprint density at radius 3 is 1.57 bits per heavy atom. The fourth-order valence-electron chi connectivity index (χ4n) is 4.91. The van der Waals surface area contributed by atoms with Gasteiger partial charge in [-0.05, 0) is 95.5 Å². The first-order valence-electron chi connectivity index (χ1n) is 16.3. The summed E-state index contributed by atoms with van der Waals surface area (Å²) >= 11 is 18.1. The van der Waals surface area contributed by atoms with Crippen LogP contribution < -0.4 is 151 Å². The zero-order chi connectivity index (χ0) is 46.6. The molecule has 4 aromatic carbocycles. The van der Waals surface area contributed by atoms with Crippen LogP contribution in [-0.4, -0.2) is 68.8 Å². The first-order valence-corrected chi connectivity index (χ1v) is 22.4. The van der Waals surface area contributed by atoms with Crippen molar-refractivity contribution in [2.45, 2.75) is 27.0 Å². The molecule has 38 heteroatoms. The summed E-state index contributed by atoms with van der Waals surface area (Å²) in [4.78, 5) is 20.7. The molecule has 0 amide bonds. The summed E-state index contributed by atoms with van der Waals surface area (Å²) in [6, 6.07) is 12.3. The average Bonchev–Trinajstić information content (AvgIpc) is 3.18. The van der Waals surface area contributed by atoms with Gasteiger partial charge in [-0.25, -0.2) is 25.3 Å². The van der Waals surface area contributed by atoms with Gasteiger partial charge in [-0.3, -0.25) is 5.04 Å². The van der Waals surface area contributed by atoms with E-state index in [4.69, 9.17) is 46.3 Å². The van der Waals surface area contributed by atoms with E-state index in [1.54, 1.807) is 0 Å². The maximum absolute atomic E-state index is 12.3. The quantitative estimate of drug-likeness (QED) is 0.0114. The van der Waals surface area contributed by atoms with Crippen LogP contribution in [0.4, 0.5) is 69.0 Å². The SMILES string of the molecule is C.Nc1c(N=Nc2cc(Nc3nc(Cl)nc(Nc4cccc(S(=O)(=O)[O-])c4)n3)ccc2S(=O)(=O)[O-])cc(S(=O)(=O)[O-])c(N)c1N=Nc1cc(Nc2nc(Cl)nc(Cl)n2)ccc1SOO[O-].[Na+].[Na+].[Na+].[Na+]. The molecule has 27 nitrogen and oxygen atoms in total. The molecular formula is C31H22Cl3N15Na4O12S4.